The molecule has 0 radical (unpaired) electrons. The smallest absolute Gasteiger partial charge is 0.273 e. The van der Waals surface area contributed by atoms with Gasteiger partial charge in [-0.25, -0.2) is 0 Å². The van der Waals surface area contributed by atoms with E-state index in [-0.39, 0.29) is 12.1 Å². The fraction of sp³-hybridized carbons (Fsp3) is 0.105. The van der Waals surface area contributed by atoms with Gasteiger partial charge >= 0.3 is 0 Å². The molecule has 0 amide bonds. The van der Waals surface area contributed by atoms with Crippen LogP contribution in [0.15, 0.2) is 71.5 Å². The van der Waals surface area contributed by atoms with Crippen molar-refractivity contribution in [2.45, 2.75) is 12.5 Å². The predicted molar refractivity (Wildman–Crippen MR) is 99.1 cm³/mol. The quantitative estimate of drug-likeness (QED) is 0.499. The molecule has 0 aliphatic heterocycles. The molecule has 3 aromatic rings. The Morgan fingerprint density at radius 3 is 2.32 bits per heavy atom. The highest BCUT2D eigenvalue weighted by Crippen LogP contribution is 2.29. The van der Waals surface area contributed by atoms with Crippen molar-refractivity contribution in [2.75, 3.05) is 0 Å². The van der Waals surface area contributed by atoms with Gasteiger partial charge in [0.2, 0.25) is 0 Å². The number of halogens is 1. The van der Waals surface area contributed by atoms with Gasteiger partial charge in [-0.1, -0.05) is 46.3 Å². The van der Waals surface area contributed by atoms with Crippen LogP contribution in [-0.4, -0.2) is 15.0 Å². The number of rotatable bonds is 5. The Hall–Kier alpha value is -2.57. The van der Waals surface area contributed by atoms with E-state index in [1.165, 1.54) is 6.07 Å². The highest BCUT2D eigenvalue weighted by molar-refractivity contribution is 9.10. The summed E-state index contributed by atoms with van der Waals surface area (Å²) in [4.78, 5) is 14.8. The molecule has 0 bridgehead atoms. The van der Waals surface area contributed by atoms with Gasteiger partial charge in [0.15, 0.2) is 0 Å². The van der Waals surface area contributed by atoms with Gasteiger partial charge in [0.05, 0.1) is 11.0 Å². The van der Waals surface area contributed by atoms with Crippen LogP contribution in [0.3, 0.4) is 0 Å². The summed E-state index contributed by atoms with van der Waals surface area (Å²) >= 11 is 3.23. The maximum Gasteiger partial charge on any atom is 0.273 e. The second-order valence-corrected chi connectivity index (χ2v) is 6.52. The van der Waals surface area contributed by atoms with Gasteiger partial charge < -0.3 is 5.11 Å². The molecule has 0 aliphatic carbocycles. The molecule has 5 nitrogen and oxygen atoms in total. The molecule has 25 heavy (non-hydrogen) atoms. The number of nitrogens with zero attached hydrogens (tertiary/aromatic N) is 2. The van der Waals surface area contributed by atoms with Gasteiger partial charge in [0.1, 0.15) is 0 Å². The molecule has 1 N–H and O–H groups in total. The van der Waals surface area contributed by atoms with Crippen LogP contribution in [-0.2, 0) is 6.42 Å². The summed E-state index contributed by atoms with van der Waals surface area (Å²) < 4.78 is 0.638. The lowest BCUT2D eigenvalue weighted by Gasteiger charge is -2.12. The van der Waals surface area contributed by atoms with Crippen molar-refractivity contribution >= 4 is 21.6 Å². The Kier molecular flexibility index (Phi) is 5.21. The normalized spacial score (nSPS) is 11.9. The van der Waals surface area contributed by atoms with Gasteiger partial charge in [-0.15, -0.1) is 0 Å². The van der Waals surface area contributed by atoms with E-state index in [0.717, 1.165) is 16.7 Å². The average molecular weight is 399 g/mol. The number of aromatic nitrogens is 1. The number of hydrogen-bond donors (Lipinski definition) is 1. The Balaban J connectivity index is 1.80. The Morgan fingerprint density at radius 1 is 1.04 bits per heavy atom. The number of benzene rings is 2. The molecular formula is C19H15BrN2O3. The summed E-state index contributed by atoms with van der Waals surface area (Å²) in [6.07, 6.45) is 2.82. The monoisotopic (exact) mass is 398 g/mol. The topological polar surface area (TPSA) is 76.3 Å². The van der Waals surface area contributed by atoms with Crippen molar-refractivity contribution in [3.63, 3.8) is 0 Å². The zero-order chi connectivity index (χ0) is 17.8. The van der Waals surface area contributed by atoms with E-state index in [1.807, 2.05) is 36.4 Å². The van der Waals surface area contributed by atoms with E-state index >= 15 is 0 Å². The second-order valence-electron chi connectivity index (χ2n) is 5.61. The van der Waals surface area contributed by atoms with Crippen LogP contribution in [0.5, 0.6) is 0 Å². The van der Waals surface area contributed by atoms with Gasteiger partial charge in [-0.2, -0.15) is 0 Å². The Bertz CT molecular complexity index is 883. The first-order valence-electron chi connectivity index (χ1n) is 7.66. The van der Waals surface area contributed by atoms with Crippen molar-refractivity contribution in [3.05, 3.63) is 92.7 Å². The van der Waals surface area contributed by atoms with Crippen LogP contribution in [0, 0.1) is 10.1 Å². The van der Waals surface area contributed by atoms with Crippen molar-refractivity contribution in [1.29, 1.82) is 0 Å². The number of pyridine rings is 1. The number of aliphatic hydroxyl groups is 1. The average Bonchev–Trinajstić information content (AvgIpc) is 2.64. The molecule has 3 rings (SSSR count). The van der Waals surface area contributed by atoms with Crippen LogP contribution in [0.25, 0.3) is 11.1 Å². The van der Waals surface area contributed by atoms with Crippen molar-refractivity contribution in [3.8, 4) is 11.1 Å². The zero-order valence-corrected chi connectivity index (χ0v) is 14.8. The first-order valence-corrected chi connectivity index (χ1v) is 8.45. The molecule has 1 aromatic heterocycles. The zero-order valence-electron chi connectivity index (χ0n) is 13.2. The van der Waals surface area contributed by atoms with Crippen molar-refractivity contribution in [1.82, 2.24) is 4.98 Å². The van der Waals surface area contributed by atoms with Gasteiger partial charge in [0.25, 0.3) is 5.69 Å². The number of nitro benzene ring substituents is 1. The molecule has 0 spiro atoms. The highest BCUT2D eigenvalue weighted by Gasteiger charge is 2.18. The molecular weight excluding hydrogens is 384 g/mol. The first kappa shape index (κ1) is 17.3. The standard InChI is InChI=1S/C19H15BrN2O3/c20-17-6-5-16(18(12-17)22(24)25)11-19(23)15-3-1-13(2-4-15)14-7-9-21-10-8-14/h1-10,12,19,23H,11H2. The van der Waals surface area contributed by atoms with Crippen molar-refractivity contribution in [2.24, 2.45) is 0 Å². The fourth-order valence-corrected chi connectivity index (χ4v) is 3.00. The maximum absolute atomic E-state index is 11.2. The molecule has 0 saturated carbocycles. The lowest BCUT2D eigenvalue weighted by molar-refractivity contribution is -0.385. The minimum atomic E-state index is -0.814. The largest absolute Gasteiger partial charge is 0.388 e. The predicted octanol–water partition coefficient (Wildman–Crippen LogP) is 4.70. The lowest BCUT2D eigenvalue weighted by atomic mass is 9.98. The highest BCUT2D eigenvalue weighted by atomic mass is 79.9. The van der Waals surface area contributed by atoms with E-state index in [0.29, 0.717) is 10.0 Å². The number of aliphatic hydroxyl groups excluding tert-OH is 1. The third-order valence-electron chi connectivity index (χ3n) is 3.97. The van der Waals surface area contributed by atoms with Crippen LogP contribution < -0.4 is 0 Å². The number of hydrogen-bond acceptors (Lipinski definition) is 4. The molecule has 0 aliphatic rings. The molecule has 1 heterocycles. The minimum absolute atomic E-state index is 0.00170. The molecule has 0 fully saturated rings. The van der Waals surface area contributed by atoms with E-state index in [9.17, 15) is 15.2 Å². The third kappa shape index (κ3) is 4.10. The van der Waals surface area contributed by atoms with Crippen LogP contribution in [0.2, 0.25) is 0 Å². The van der Waals surface area contributed by atoms with Crippen molar-refractivity contribution < 1.29 is 10.0 Å². The Labute approximate surface area is 153 Å². The van der Waals surface area contributed by atoms with E-state index < -0.39 is 11.0 Å². The maximum atomic E-state index is 11.2. The van der Waals surface area contributed by atoms with E-state index in [1.54, 1.807) is 24.5 Å². The summed E-state index contributed by atoms with van der Waals surface area (Å²) in [5.74, 6) is 0. The lowest BCUT2D eigenvalue weighted by Crippen LogP contribution is -2.04. The third-order valence-corrected chi connectivity index (χ3v) is 4.46. The van der Waals surface area contributed by atoms with Gasteiger partial charge in [-0.3, -0.25) is 15.1 Å². The summed E-state index contributed by atoms with van der Waals surface area (Å²) in [6, 6.07) is 16.2. The summed E-state index contributed by atoms with van der Waals surface area (Å²) in [5, 5.41) is 21.7. The molecule has 1 unspecified atom stereocenters. The first-order chi connectivity index (χ1) is 12.0. The summed E-state index contributed by atoms with van der Waals surface area (Å²) in [6.45, 7) is 0. The van der Waals surface area contributed by atoms with Crippen LogP contribution >= 0.6 is 15.9 Å². The summed E-state index contributed by atoms with van der Waals surface area (Å²) in [7, 11) is 0. The van der Waals surface area contributed by atoms with Gasteiger partial charge in [-0.05, 0) is 34.9 Å². The van der Waals surface area contributed by atoms with Gasteiger partial charge in [0, 0.05) is 34.9 Å². The number of nitro groups is 1. The van der Waals surface area contributed by atoms with E-state index in [2.05, 4.69) is 20.9 Å². The Morgan fingerprint density at radius 2 is 1.68 bits per heavy atom. The molecule has 6 heteroatoms. The van der Waals surface area contributed by atoms with E-state index in [4.69, 9.17) is 0 Å². The SMILES string of the molecule is O=[N+]([O-])c1cc(Br)ccc1CC(O)c1ccc(-c2ccncc2)cc1. The fourth-order valence-electron chi connectivity index (χ4n) is 2.65. The minimum Gasteiger partial charge on any atom is -0.388 e. The second kappa shape index (κ2) is 7.55. The molecule has 0 saturated heterocycles. The molecule has 1 atom stereocenters. The summed E-state index contributed by atoms with van der Waals surface area (Å²) in [5.41, 5.74) is 3.28. The van der Waals surface area contributed by atoms with Crippen LogP contribution in [0.1, 0.15) is 17.2 Å². The molecule has 126 valence electrons. The molecule has 2 aromatic carbocycles. The van der Waals surface area contributed by atoms with Crippen LogP contribution in [0.4, 0.5) is 5.69 Å².